The highest BCUT2D eigenvalue weighted by Crippen LogP contribution is 2.40. The van der Waals surface area contributed by atoms with E-state index in [1.54, 1.807) is 13.8 Å². The number of carbonyl (C=O) groups is 1. The molecule has 0 saturated heterocycles. The summed E-state index contributed by atoms with van der Waals surface area (Å²) in [5.74, 6) is -0.136. The average Bonchev–Trinajstić information content (AvgIpc) is 2.73. The third kappa shape index (κ3) is 4.31. The third-order valence-electron chi connectivity index (χ3n) is 4.87. The van der Waals surface area contributed by atoms with Crippen molar-refractivity contribution in [3.63, 3.8) is 0 Å². The minimum atomic E-state index is -0.662. The van der Waals surface area contributed by atoms with E-state index in [1.807, 2.05) is 55.5 Å². The molecule has 0 saturated carbocycles. The van der Waals surface area contributed by atoms with Crippen molar-refractivity contribution in [1.82, 2.24) is 0 Å². The number of aryl methyl sites for hydroxylation is 1. The summed E-state index contributed by atoms with van der Waals surface area (Å²) >= 11 is 0. The third-order valence-corrected chi connectivity index (χ3v) is 4.87. The molecule has 1 unspecified atom stereocenters. The van der Waals surface area contributed by atoms with E-state index in [-0.39, 0.29) is 23.6 Å². The molecular weight excluding hydrogens is 380 g/mol. The monoisotopic (exact) mass is 404 g/mol. The van der Waals surface area contributed by atoms with Gasteiger partial charge in [0.15, 0.2) is 0 Å². The second-order valence-corrected chi connectivity index (χ2v) is 6.91. The van der Waals surface area contributed by atoms with E-state index in [2.05, 4.69) is 6.07 Å². The van der Waals surface area contributed by atoms with E-state index >= 15 is 0 Å². The van der Waals surface area contributed by atoms with E-state index in [4.69, 9.17) is 19.9 Å². The van der Waals surface area contributed by atoms with Gasteiger partial charge in [0.25, 0.3) is 0 Å². The summed E-state index contributed by atoms with van der Waals surface area (Å²) < 4.78 is 16.6. The Bertz CT molecular complexity index is 1050. The summed E-state index contributed by atoms with van der Waals surface area (Å²) in [7, 11) is 0. The zero-order valence-electron chi connectivity index (χ0n) is 17.3. The summed E-state index contributed by atoms with van der Waals surface area (Å²) in [4.78, 5) is 12.6. The smallest absolute Gasteiger partial charge is 0.338 e. The van der Waals surface area contributed by atoms with Crippen molar-refractivity contribution in [2.24, 2.45) is 5.73 Å². The van der Waals surface area contributed by atoms with Gasteiger partial charge in [-0.25, -0.2) is 4.79 Å². The standard InChI is InChI=1S/C24H24N2O4/c1-4-28-24(27)21-16(3)30-23(26)19(13-25)22(21)18-10-11-20(15(2)12-18)29-14-17-8-6-5-7-9-17/h5-12,22H,4,14,26H2,1-3H3. The van der Waals surface area contributed by atoms with Crippen LogP contribution in [0, 0.1) is 18.3 Å². The second kappa shape index (κ2) is 9.19. The Morgan fingerprint density at radius 2 is 1.93 bits per heavy atom. The number of nitrogens with zero attached hydrogens (tertiary/aromatic N) is 1. The molecule has 0 aliphatic carbocycles. The Kier molecular flexibility index (Phi) is 6.43. The van der Waals surface area contributed by atoms with Crippen molar-refractivity contribution >= 4 is 5.97 Å². The van der Waals surface area contributed by atoms with Crippen molar-refractivity contribution < 1.29 is 19.0 Å². The van der Waals surface area contributed by atoms with Crippen LogP contribution >= 0.6 is 0 Å². The van der Waals surface area contributed by atoms with Crippen LogP contribution in [-0.4, -0.2) is 12.6 Å². The molecular formula is C24H24N2O4. The molecule has 0 amide bonds. The van der Waals surface area contributed by atoms with E-state index in [9.17, 15) is 10.1 Å². The molecule has 1 heterocycles. The van der Waals surface area contributed by atoms with Crippen LogP contribution in [0.5, 0.6) is 5.75 Å². The second-order valence-electron chi connectivity index (χ2n) is 6.91. The number of hydrogen-bond acceptors (Lipinski definition) is 6. The van der Waals surface area contributed by atoms with Crippen LogP contribution in [0.3, 0.4) is 0 Å². The molecule has 2 N–H and O–H groups in total. The normalized spacial score (nSPS) is 16.0. The molecule has 30 heavy (non-hydrogen) atoms. The number of rotatable bonds is 6. The molecule has 0 radical (unpaired) electrons. The molecule has 6 heteroatoms. The molecule has 0 bridgehead atoms. The lowest BCUT2D eigenvalue weighted by molar-refractivity contribution is -0.139. The Morgan fingerprint density at radius 1 is 1.20 bits per heavy atom. The van der Waals surface area contributed by atoms with Crippen molar-refractivity contribution in [2.75, 3.05) is 6.61 Å². The van der Waals surface area contributed by atoms with Gasteiger partial charge >= 0.3 is 5.97 Å². The van der Waals surface area contributed by atoms with Gasteiger partial charge in [-0.2, -0.15) is 5.26 Å². The molecule has 1 atom stereocenters. The lowest BCUT2D eigenvalue weighted by Crippen LogP contribution is -2.25. The van der Waals surface area contributed by atoms with Crippen molar-refractivity contribution in [1.29, 1.82) is 5.26 Å². The fourth-order valence-electron chi connectivity index (χ4n) is 3.44. The summed E-state index contributed by atoms with van der Waals surface area (Å²) in [6, 6.07) is 17.5. The van der Waals surface area contributed by atoms with Gasteiger partial charge < -0.3 is 19.9 Å². The van der Waals surface area contributed by atoms with Gasteiger partial charge in [-0.15, -0.1) is 0 Å². The quantitative estimate of drug-likeness (QED) is 0.725. The van der Waals surface area contributed by atoms with Crippen LogP contribution in [0.4, 0.5) is 0 Å². The fraction of sp³-hybridized carbons (Fsp3) is 0.250. The lowest BCUT2D eigenvalue weighted by atomic mass is 9.82. The number of nitrogens with two attached hydrogens (primary N) is 1. The molecule has 6 nitrogen and oxygen atoms in total. The molecule has 154 valence electrons. The van der Waals surface area contributed by atoms with Crippen LogP contribution in [0.2, 0.25) is 0 Å². The van der Waals surface area contributed by atoms with E-state index in [0.29, 0.717) is 12.4 Å². The van der Waals surface area contributed by atoms with Crippen molar-refractivity contribution in [2.45, 2.75) is 33.3 Å². The topological polar surface area (TPSA) is 94.6 Å². The lowest BCUT2D eigenvalue weighted by Gasteiger charge is -2.27. The molecule has 0 aromatic heterocycles. The zero-order chi connectivity index (χ0) is 21.7. The van der Waals surface area contributed by atoms with Gasteiger partial charge in [0.2, 0.25) is 5.88 Å². The SMILES string of the molecule is CCOC(=O)C1=C(C)OC(N)=C(C#N)C1c1ccc(OCc2ccccc2)c(C)c1. The Hall–Kier alpha value is -3.72. The van der Waals surface area contributed by atoms with Gasteiger partial charge in [0, 0.05) is 0 Å². The first-order valence-corrected chi connectivity index (χ1v) is 9.69. The Labute approximate surface area is 176 Å². The largest absolute Gasteiger partial charge is 0.489 e. The van der Waals surface area contributed by atoms with Crippen LogP contribution in [0.15, 0.2) is 71.3 Å². The molecule has 2 aromatic carbocycles. The fourth-order valence-corrected chi connectivity index (χ4v) is 3.44. The van der Waals surface area contributed by atoms with Gasteiger partial charge in [0.05, 0.1) is 18.1 Å². The maximum absolute atomic E-state index is 12.6. The maximum atomic E-state index is 12.6. The highest BCUT2D eigenvalue weighted by molar-refractivity contribution is 5.92. The predicted molar refractivity (Wildman–Crippen MR) is 112 cm³/mol. The minimum Gasteiger partial charge on any atom is -0.489 e. The first-order valence-electron chi connectivity index (χ1n) is 9.69. The Morgan fingerprint density at radius 3 is 2.57 bits per heavy atom. The summed E-state index contributed by atoms with van der Waals surface area (Å²) in [5, 5.41) is 9.68. The predicted octanol–water partition coefficient (Wildman–Crippen LogP) is 4.22. The van der Waals surface area contributed by atoms with Gasteiger partial charge in [0.1, 0.15) is 29.8 Å². The number of allylic oxidation sites excluding steroid dienone is 2. The van der Waals surface area contributed by atoms with E-state index in [1.165, 1.54) is 0 Å². The molecule has 1 aliphatic heterocycles. The number of esters is 1. The number of hydrogen-bond donors (Lipinski definition) is 1. The van der Waals surface area contributed by atoms with Crippen molar-refractivity contribution in [3.8, 4) is 11.8 Å². The number of nitriles is 1. The molecule has 0 fully saturated rings. The molecule has 2 aromatic rings. The Balaban J connectivity index is 1.94. The molecule has 3 rings (SSSR count). The summed E-state index contributed by atoms with van der Waals surface area (Å²) in [5.41, 5.74) is 9.09. The van der Waals surface area contributed by atoms with E-state index < -0.39 is 11.9 Å². The number of carbonyl (C=O) groups excluding carboxylic acids is 1. The summed E-state index contributed by atoms with van der Waals surface area (Å²) in [6.45, 7) is 5.95. The zero-order valence-corrected chi connectivity index (χ0v) is 17.3. The first-order chi connectivity index (χ1) is 14.5. The van der Waals surface area contributed by atoms with Gasteiger partial charge in [-0.1, -0.05) is 42.5 Å². The summed E-state index contributed by atoms with van der Waals surface area (Å²) in [6.07, 6.45) is 0. The van der Waals surface area contributed by atoms with Crippen LogP contribution in [0.1, 0.15) is 36.5 Å². The molecule has 1 aliphatic rings. The van der Waals surface area contributed by atoms with E-state index in [0.717, 1.165) is 22.4 Å². The minimum absolute atomic E-state index is 0.00453. The van der Waals surface area contributed by atoms with Crippen LogP contribution in [0.25, 0.3) is 0 Å². The van der Waals surface area contributed by atoms with Crippen molar-refractivity contribution in [3.05, 3.63) is 88.0 Å². The molecule has 0 spiro atoms. The van der Waals surface area contributed by atoms with Gasteiger partial charge in [-0.05, 0) is 43.5 Å². The average molecular weight is 404 g/mol. The van der Waals surface area contributed by atoms with Gasteiger partial charge in [-0.3, -0.25) is 0 Å². The first kappa shape index (κ1) is 21.0. The van der Waals surface area contributed by atoms with Crippen LogP contribution < -0.4 is 10.5 Å². The van der Waals surface area contributed by atoms with Crippen LogP contribution in [-0.2, 0) is 20.9 Å². The number of benzene rings is 2. The highest BCUT2D eigenvalue weighted by atomic mass is 16.5. The highest BCUT2D eigenvalue weighted by Gasteiger charge is 2.36. The number of ether oxygens (including phenoxy) is 3. The maximum Gasteiger partial charge on any atom is 0.338 e.